The number of benzene rings is 2. The normalized spacial score (nSPS) is 17.6. The summed E-state index contributed by atoms with van der Waals surface area (Å²) in [5.74, 6) is -5.71. The van der Waals surface area contributed by atoms with Gasteiger partial charge in [-0.05, 0) is 42.7 Å². The summed E-state index contributed by atoms with van der Waals surface area (Å²) in [6.45, 7) is 2.03. The lowest BCUT2D eigenvalue weighted by atomic mass is 9.64. The zero-order chi connectivity index (χ0) is 29.1. The molecule has 2 atom stereocenters. The molecule has 208 valence electrons. The minimum absolute atomic E-state index is 0.00899. The standard InChI is InChI=1S/C26H26BN3O10/c1-2-29-10-11-30(23(33)22(29)32)26(38)28-20(14-6-8-15(9-7-14)24(34)35)19(31)13-17-12-16-4-3-5-18(25(36)37)21(16)40-27(17)39/h3-9,17,20,39H,2,10-13H2,1H3,(H,28,38)(H,34,35)(H,36,37)/t17-,20?/m1/s1. The molecular formula is C26H26BN3O10. The number of fused-ring (bicyclic) bond motifs is 1. The zero-order valence-corrected chi connectivity index (χ0v) is 21.4. The van der Waals surface area contributed by atoms with Crippen LogP contribution < -0.4 is 9.97 Å². The lowest BCUT2D eigenvalue weighted by molar-refractivity contribution is -0.153. The predicted molar refractivity (Wildman–Crippen MR) is 138 cm³/mol. The number of Topliss-reactive ketones (excluding diaryl/α,β-unsaturated/α-hetero) is 1. The molecule has 1 saturated heterocycles. The highest BCUT2D eigenvalue weighted by atomic mass is 16.5. The molecule has 0 saturated carbocycles. The van der Waals surface area contributed by atoms with Gasteiger partial charge in [0.2, 0.25) is 0 Å². The topological polar surface area (TPSA) is 191 Å². The first kappa shape index (κ1) is 28.3. The molecule has 0 bridgehead atoms. The molecule has 2 aromatic rings. The minimum Gasteiger partial charge on any atom is -0.535 e. The maximum absolute atomic E-state index is 13.6. The molecule has 0 radical (unpaired) electrons. The number of amides is 4. The van der Waals surface area contributed by atoms with Crippen molar-refractivity contribution in [3.63, 3.8) is 0 Å². The Morgan fingerprint density at radius 1 is 1.02 bits per heavy atom. The van der Waals surface area contributed by atoms with E-state index >= 15 is 0 Å². The number of piperazine rings is 1. The van der Waals surface area contributed by atoms with Crippen molar-refractivity contribution in [2.75, 3.05) is 19.6 Å². The van der Waals surface area contributed by atoms with Crippen LogP contribution >= 0.6 is 0 Å². The molecule has 0 aliphatic carbocycles. The second-order valence-corrected chi connectivity index (χ2v) is 9.39. The number of carbonyl (C=O) groups is 6. The van der Waals surface area contributed by atoms with Gasteiger partial charge in [0.1, 0.15) is 11.8 Å². The van der Waals surface area contributed by atoms with E-state index in [-0.39, 0.29) is 48.4 Å². The molecule has 4 amide bonds. The molecule has 2 aliphatic rings. The molecule has 40 heavy (non-hydrogen) atoms. The van der Waals surface area contributed by atoms with E-state index in [1.54, 1.807) is 13.0 Å². The third-order valence-corrected chi connectivity index (χ3v) is 6.93. The van der Waals surface area contributed by atoms with Gasteiger partial charge in [0.05, 0.1) is 11.1 Å². The van der Waals surface area contributed by atoms with E-state index in [1.165, 1.54) is 41.3 Å². The van der Waals surface area contributed by atoms with Crippen LogP contribution in [0.3, 0.4) is 0 Å². The van der Waals surface area contributed by atoms with Crippen molar-refractivity contribution < 1.29 is 48.7 Å². The molecule has 1 fully saturated rings. The second kappa shape index (κ2) is 11.6. The fraction of sp³-hybridized carbons (Fsp3) is 0.308. The minimum atomic E-state index is -1.52. The first-order valence-corrected chi connectivity index (χ1v) is 12.5. The molecule has 2 heterocycles. The van der Waals surface area contributed by atoms with Crippen molar-refractivity contribution in [1.29, 1.82) is 0 Å². The quantitative estimate of drug-likeness (QED) is 0.272. The summed E-state index contributed by atoms with van der Waals surface area (Å²) in [4.78, 5) is 76.3. The van der Waals surface area contributed by atoms with Crippen LogP contribution in [0.5, 0.6) is 5.75 Å². The van der Waals surface area contributed by atoms with Crippen LogP contribution in [0.2, 0.25) is 5.82 Å². The lowest BCUT2D eigenvalue weighted by Gasteiger charge is -2.33. The van der Waals surface area contributed by atoms with Crippen molar-refractivity contribution in [2.45, 2.75) is 31.6 Å². The number of carboxylic acid groups (broad SMARTS) is 2. The van der Waals surface area contributed by atoms with Crippen LogP contribution in [0.4, 0.5) is 4.79 Å². The van der Waals surface area contributed by atoms with Crippen LogP contribution in [0.1, 0.15) is 51.2 Å². The average Bonchev–Trinajstić information content (AvgIpc) is 2.93. The lowest BCUT2D eigenvalue weighted by Crippen LogP contribution is -2.58. The second-order valence-electron chi connectivity index (χ2n) is 9.39. The molecule has 14 heteroatoms. The van der Waals surface area contributed by atoms with E-state index in [1.807, 2.05) is 0 Å². The Balaban J connectivity index is 1.57. The number of hydrogen-bond donors (Lipinski definition) is 4. The van der Waals surface area contributed by atoms with Gasteiger partial charge in [-0.3, -0.25) is 19.3 Å². The summed E-state index contributed by atoms with van der Waals surface area (Å²) >= 11 is 0. The number of ketones is 1. The summed E-state index contributed by atoms with van der Waals surface area (Å²) in [5.41, 5.74) is 0.508. The Kier molecular flexibility index (Phi) is 8.19. The van der Waals surface area contributed by atoms with Gasteiger partial charge in [-0.2, -0.15) is 0 Å². The summed E-state index contributed by atoms with van der Waals surface area (Å²) in [7, 11) is -1.52. The molecular weight excluding hydrogens is 525 g/mol. The van der Waals surface area contributed by atoms with Crippen molar-refractivity contribution in [2.24, 2.45) is 0 Å². The third kappa shape index (κ3) is 5.66. The molecule has 2 aliphatic heterocycles. The molecule has 2 aromatic carbocycles. The van der Waals surface area contributed by atoms with Gasteiger partial charge < -0.3 is 30.1 Å². The van der Waals surface area contributed by atoms with Gasteiger partial charge in [-0.15, -0.1) is 0 Å². The number of para-hydroxylation sites is 1. The predicted octanol–water partition coefficient (Wildman–Crippen LogP) is 0.969. The number of carbonyl (C=O) groups excluding carboxylic acids is 4. The SMILES string of the molecule is CCN1CCN(C(=O)NC(C(=O)C[C@H]2Cc3cccc(C(=O)O)c3OB2O)c2ccc(C(=O)O)cc2)C(=O)C1=O. The van der Waals surface area contributed by atoms with Gasteiger partial charge in [-0.25, -0.2) is 14.4 Å². The van der Waals surface area contributed by atoms with Crippen LogP contribution in [0.25, 0.3) is 0 Å². The Labute approximate surface area is 228 Å². The number of nitrogens with zero attached hydrogens (tertiary/aromatic N) is 2. The fourth-order valence-corrected chi connectivity index (χ4v) is 4.74. The highest BCUT2D eigenvalue weighted by Gasteiger charge is 2.41. The van der Waals surface area contributed by atoms with E-state index in [4.69, 9.17) is 4.65 Å². The van der Waals surface area contributed by atoms with Gasteiger partial charge in [-0.1, -0.05) is 24.3 Å². The molecule has 0 aromatic heterocycles. The maximum Gasteiger partial charge on any atom is 0.526 e. The number of rotatable bonds is 8. The van der Waals surface area contributed by atoms with Gasteiger partial charge in [0.25, 0.3) is 0 Å². The van der Waals surface area contributed by atoms with Crippen molar-refractivity contribution in [3.05, 3.63) is 64.7 Å². The number of hydrogen-bond acceptors (Lipinski definition) is 8. The van der Waals surface area contributed by atoms with Crippen LogP contribution in [-0.4, -0.2) is 87.4 Å². The average molecular weight is 551 g/mol. The Hall–Kier alpha value is -4.72. The van der Waals surface area contributed by atoms with E-state index in [9.17, 15) is 44.0 Å². The number of nitrogens with one attached hydrogen (secondary N) is 1. The zero-order valence-electron chi connectivity index (χ0n) is 21.4. The van der Waals surface area contributed by atoms with Gasteiger partial charge >= 0.3 is 36.9 Å². The van der Waals surface area contributed by atoms with Crippen molar-refractivity contribution in [3.8, 4) is 5.75 Å². The number of aromatic carboxylic acids is 2. The van der Waals surface area contributed by atoms with Crippen LogP contribution in [-0.2, 0) is 20.8 Å². The van der Waals surface area contributed by atoms with Crippen LogP contribution in [0, 0.1) is 0 Å². The monoisotopic (exact) mass is 551 g/mol. The van der Waals surface area contributed by atoms with E-state index < -0.39 is 54.5 Å². The Morgan fingerprint density at radius 3 is 2.35 bits per heavy atom. The maximum atomic E-state index is 13.6. The van der Waals surface area contributed by atoms with E-state index in [0.29, 0.717) is 17.0 Å². The number of carboxylic acids is 2. The molecule has 1 unspecified atom stereocenters. The summed E-state index contributed by atoms with van der Waals surface area (Å²) in [6.07, 6.45) is -0.214. The molecule has 4 N–H and O–H groups in total. The number of likely N-dealkylation sites (N-methyl/N-ethyl adjacent to an activating group) is 1. The Morgan fingerprint density at radius 2 is 1.73 bits per heavy atom. The molecule has 4 rings (SSSR count). The van der Waals surface area contributed by atoms with Gasteiger partial charge in [0, 0.05) is 31.9 Å². The third-order valence-electron chi connectivity index (χ3n) is 6.93. The highest BCUT2D eigenvalue weighted by Crippen LogP contribution is 2.37. The van der Waals surface area contributed by atoms with E-state index in [2.05, 4.69) is 5.32 Å². The van der Waals surface area contributed by atoms with Crippen molar-refractivity contribution >= 4 is 42.7 Å². The largest absolute Gasteiger partial charge is 0.535 e. The smallest absolute Gasteiger partial charge is 0.526 e. The molecule has 0 spiro atoms. The summed E-state index contributed by atoms with van der Waals surface area (Å²) in [5, 5.41) is 31.7. The first-order valence-electron chi connectivity index (χ1n) is 12.5. The van der Waals surface area contributed by atoms with Gasteiger partial charge in [0.15, 0.2) is 5.78 Å². The number of imide groups is 1. The fourth-order valence-electron chi connectivity index (χ4n) is 4.74. The van der Waals surface area contributed by atoms with Crippen LogP contribution in [0.15, 0.2) is 42.5 Å². The summed E-state index contributed by atoms with van der Waals surface area (Å²) in [6, 6.07) is 7.32. The van der Waals surface area contributed by atoms with Crippen molar-refractivity contribution in [1.82, 2.24) is 15.1 Å². The number of urea groups is 1. The first-order chi connectivity index (χ1) is 19.0. The highest BCUT2D eigenvalue weighted by molar-refractivity contribution is 6.47. The van der Waals surface area contributed by atoms with E-state index in [0.717, 1.165) is 0 Å². The Bertz CT molecular complexity index is 1380. The summed E-state index contributed by atoms with van der Waals surface area (Å²) < 4.78 is 5.46. The molecule has 13 nitrogen and oxygen atoms in total.